The average Bonchev–Trinajstić information content (AvgIpc) is 2.77. The molecule has 0 aliphatic heterocycles. The molecule has 0 aliphatic carbocycles. The number of aromatic carboxylic acids is 1. The van der Waals surface area contributed by atoms with Crippen molar-refractivity contribution in [2.75, 3.05) is 0 Å². The van der Waals surface area contributed by atoms with Crippen LogP contribution in [0.25, 0.3) is 0 Å². The number of carbonyl (C=O) groups is 2. The number of hydrogen-bond acceptors (Lipinski definition) is 4. The molecule has 0 spiro atoms. The fourth-order valence-electron chi connectivity index (χ4n) is 3.97. The maximum atomic E-state index is 12.1. The quantitative estimate of drug-likeness (QED) is 0.140. The summed E-state index contributed by atoms with van der Waals surface area (Å²) in [5, 5.41) is 21.8. The lowest BCUT2D eigenvalue weighted by molar-refractivity contribution is -0.123. The highest BCUT2D eigenvalue weighted by molar-refractivity contribution is 5.91. The molecule has 1 rings (SSSR count). The van der Waals surface area contributed by atoms with Crippen LogP contribution in [0.1, 0.15) is 127 Å². The smallest absolute Gasteiger partial charge is 0.339 e. The highest BCUT2D eigenvalue weighted by atomic mass is 16.5. The molecule has 33 heavy (non-hydrogen) atoms. The summed E-state index contributed by atoms with van der Waals surface area (Å²) in [4.78, 5) is 23.2. The van der Waals surface area contributed by atoms with Crippen molar-refractivity contribution >= 4 is 11.9 Å². The predicted molar refractivity (Wildman–Crippen MR) is 133 cm³/mol. The number of carboxylic acids is 1. The van der Waals surface area contributed by atoms with Crippen LogP contribution in [0.5, 0.6) is 11.5 Å². The van der Waals surface area contributed by atoms with Crippen LogP contribution >= 0.6 is 0 Å². The molecule has 0 heterocycles. The Morgan fingerprint density at radius 2 is 1.33 bits per heavy atom. The van der Waals surface area contributed by atoms with E-state index in [4.69, 9.17) is 9.84 Å². The molecular formula is C27H45NO5. The Morgan fingerprint density at radius 3 is 1.82 bits per heavy atom. The van der Waals surface area contributed by atoms with E-state index in [-0.39, 0.29) is 17.2 Å². The van der Waals surface area contributed by atoms with E-state index in [0.717, 1.165) is 19.3 Å². The fourth-order valence-corrected chi connectivity index (χ4v) is 3.97. The number of aromatic hydroxyl groups is 1. The first-order chi connectivity index (χ1) is 16.0. The number of nitrogens with one attached hydrogen (secondary N) is 1. The Labute approximate surface area is 200 Å². The van der Waals surface area contributed by atoms with Crippen molar-refractivity contribution in [2.45, 2.75) is 123 Å². The van der Waals surface area contributed by atoms with Gasteiger partial charge in [0.2, 0.25) is 5.91 Å². The van der Waals surface area contributed by atoms with E-state index < -0.39 is 17.9 Å². The Kier molecular flexibility index (Phi) is 15.9. The molecule has 6 nitrogen and oxygen atoms in total. The number of unbranched alkanes of at least 4 members (excludes halogenated alkanes) is 14. The lowest BCUT2D eigenvalue weighted by Crippen LogP contribution is -2.36. The maximum Gasteiger partial charge on any atom is 0.339 e. The standard InChI is InChI=1S/C27H45NO5/c1-3-4-5-6-7-8-9-10-11-12-13-14-15-16-17-21-25(29)28-22(2)33-24-20-18-19-23(26(24)30)27(31)32/h18-20,22,30H,3-17,21H2,1-2H3,(H,28,29)(H,31,32). The van der Waals surface area contributed by atoms with Gasteiger partial charge in [0, 0.05) is 6.42 Å². The van der Waals surface area contributed by atoms with Gasteiger partial charge in [0.05, 0.1) is 0 Å². The second-order valence-corrected chi connectivity index (χ2v) is 8.98. The summed E-state index contributed by atoms with van der Waals surface area (Å²) in [6.07, 6.45) is 19.1. The molecule has 0 aliphatic rings. The normalized spacial score (nSPS) is 11.8. The summed E-state index contributed by atoms with van der Waals surface area (Å²) in [7, 11) is 0. The lowest BCUT2D eigenvalue weighted by Gasteiger charge is -2.17. The summed E-state index contributed by atoms with van der Waals surface area (Å²) in [6, 6.07) is 4.26. The minimum Gasteiger partial charge on any atom is -0.504 e. The fraction of sp³-hybridized carbons (Fsp3) is 0.704. The third-order valence-electron chi connectivity index (χ3n) is 5.90. The molecule has 0 radical (unpaired) electrons. The third-order valence-corrected chi connectivity index (χ3v) is 5.90. The zero-order valence-corrected chi connectivity index (χ0v) is 20.7. The number of amides is 1. The molecule has 0 aromatic heterocycles. The highest BCUT2D eigenvalue weighted by Crippen LogP contribution is 2.30. The van der Waals surface area contributed by atoms with Crippen LogP contribution in [-0.4, -0.2) is 28.3 Å². The van der Waals surface area contributed by atoms with E-state index in [1.807, 2.05) is 0 Å². The van der Waals surface area contributed by atoms with Crippen molar-refractivity contribution in [3.05, 3.63) is 23.8 Å². The first-order valence-corrected chi connectivity index (χ1v) is 13.0. The molecule has 1 amide bonds. The number of carbonyl (C=O) groups excluding carboxylic acids is 1. The summed E-state index contributed by atoms with van der Waals surface area (Å²) in [5.74, 6) is -1.74. The predicted octanol–water partition coefficient (Wildman–Crippen LogP) is 7.19. The number of para-hydroxylation sites is 1. The highest BCUT2D eigenvalue weighted by Gasteiger charge is 2.16. The lowest BCUT2D eigenvalue weighted by atomic mass is 10.0. The maximum absolute atomic E-state index is 12.1. The molecule has 1 atom stereocenters. The van der Waals surface area contributed by atoms with E-state index >= 15 is 0 Å². The van der Waals surface area contributed by atoms with Gasteiger partial charge in [-0.3, -0.25) is 4.79 Å². The van der Waals surface area contributed by atoms with Gasteiger partial charge < -0.3 is 20.3 Å². The van der Waals surface area contributed by atoms with Crippen molar-refractivity contribution in [3.8, 4) is 11.5 Å². The summed E-state index contributed by atoms with van der Waals surface area (Å²) in [5.41, 5.74) is -0.233. The van der Waals surface area contributed by atoms with E-state index in [1.165, 1.54) is 95.2 Å². The number of hydrogen-bond donors (Lipinski definition) is 3. The average molecular weight is 464 g/mol. The third kappa shape index (κ3) is 13.8. The molecule has 1 aromatic carbocycles. The van der Waals surface area contributed by atoms with Gasteiger partial charge in [0.1, 0.15) is 5.56 Å². The Bertz CT molecular complexity index is 676. The van der Waals surface area contributed by atoms with Crippen molar-refractivity contribution in [1.82, 2.24) is 5.32 Å². The van der Waals surface area contributed by atoms with Crippen LogP contribution in [0.3, 0.4) is 0 Å². The first kappa shape index (κ1) is 28.8. The minimum absolute atomic E-state index is 0.0367. The first-order valence-electron chi connectivity index (χ1n) is 13.0. The second kappa shape index (κ2) is 18.2. The number of benzene rings is 1. The number of carboxylic acid groups (broad SMARTS) is 1. The van der Waals surface area contributed by atoms with Gasteiger partial charge >= 0.3 is 5.97 Å². The van der Waals surface area contributed by atoms with Gasteiger partial charge in [-0.25, -0.2) is 4.79 Å². The molecule has 6 heteroatoms. The zero-order valence-electron chi connectivity index (χ0n) is 20.7. The van der Waals surface area contributed by atoms with Crippen LogP contribution in [0.2, 0.25) is 0 Å². The van der Waals surface area contributed by atoms with Crippen LogP contribution in [-0.2, 0) is 4.79 Å². The van der Waals surface area contributed by atoms with Gasteiger partial charge in [-0.05, 0) is 25.5 Å². The zero-order chi connectivity index (χ0) is 24.3. The van der Waals surface area contributed by atoms with Gasteiger partial charge in [-0.2, -0.15) is 0 Å². The SMILES string of the molecule is CCCCCCCCCCCCCCCCCC(=O)NC(C)Oc1cccc(C(=O)O)c1O. The molecule has 1 aromatic rings. The Balaban J connectivity index is 2.00. The van der Waals surface area contributed by atoms with Crippen molar-refractivity contribution in [2.24, 2.45) is 0 Å². The number of rotatable bonds is 20. The molecule has 0 saturated carbocycles. The minimum atomic E-state index is -1.23. The summed E-state index contributed by atoms with van der Waals surface area (Å²) >= 11 is 0. The van der Waals surface area contributed by atoms with Gasteiger partial charge in [0.15, 0.2) is 17.7 Å². The van der Waals surface area contributed by atoms with E-state index in [1.54, 1.807) is 6.92 Å². The van der Waals surface area contributed by atoms with Gasteiger partial charge in [0.25, 0.3) is 0 Å². The van der Waals surface area contributed by atoms with E-state index in [9.17, 15) is 14.7 Å². The van der Waals surface area contributed by atoms with Crippen molar-refractivity contribution in [3.63, 3.8) is 0 Å². The summed E-state index contributed by atoms with van der Waals surface area (Å²) in [6.45, 7) is 3.91. The molecule has 188 valence electrons. The monoisotopic (exact) mass is 463 g/mol. The Hall–Kier alpha value is -2.24. The molecule has 1 unspecified atom stereocenters. The van der Waals surface area contributed by atoms with Gasteiger partial charge in [-0.15, -0.1) is 0 Å². The van der Waals surface area contributed by atoms with Crippen LogP contribution in [0.15, 0.2) is 18.2 Å². The van der Waals surface area contributed by atoms with Crippen LogP contribution in [0.4, 0.5) is 0 Å². The molecule has 0 fully saturated rings. The second-order valence-electron chi connectivity index (χ2n) is 8.98. The summed E-state index contributed by atoms with van der Waals surface area (Å²) < 4.78 is 5.49. The molecule has 3 N–H and O–H groups in total. The van der Waals surface area contributed by atoms with Gasteiger partial charge in [-0.1, -0.05) is 103 Å². The largest absolute Gasteiger partial charge is 0.504 e. The molecule has 0 saturated heterocycles. The Morgan fingerprint density at radius 1 is 0.848 bits per heavy atom. The van der Waals surface area contributed by atoms with E-state index in [2.05, 4.69) is 12.2 Å². The van der Waals surface area contributed by atoms with E-state index in [0.29, 0.717) is 6.42 Å². The topological polar surface area (TPSA) is 95.9 Å². The van der Waals surface area contributed by atoms with Crippen LogP contribution < -0.4 is 10.1 Å². The molecular weight excluding hydrogens is 418 g/mol. The van der Waals surface area contributed by atoms with Crippen LogP contribution in [0, 0.1) is 0 Å². The number of ether oxygens (including phenoxy) is 1. The van der Waals surface area contributed by atoms with Crippen molar-refractivity contribution < 1.29 is 24.5 Å². The van der Waals surface area contributed by atoms with Crippen molar-refractivity contribution in [1.29, 1.82) is 0 Å². The molecule has 0 bridgehead atoms. The number of phenols is 1.